The lowest BCUT2D eigenvalue weighted by Crippen LogP contribution is -2.17. The normalized spacial score (nSPS) is 19.2. The third kappa shape index (κ3) is 3.34. The Morgan fingerprint density at radius 3 is 2.29 bits per heavy atom. The highest BCUT2D eigenvalue weighted by molar-refractivity contribution is 9.09. The average Bonchev–Trinajstić information content (AvgIpc) is 2.42. The van der Waals surface area contributed by atoms with Crippen molar-refractivity contribution in [3.63, 3.8) is 0 Å². The third-order valence-electron chi connectivity index (χ3n) is 4.20. The minimum Gasteiger partial charge on any atom is -0.0921 e. The van der Waals surface area contributed by atoms with Crippen LogP contribution >= 0.6 is 15.9 Å². The highest BCUT2D eigenvalue weighted by Gasteiger charge is 2.23. The highest BCUT2D eigenvalue weighted by atomic mass is 79.9. The monoisotopic (exact) mass is 294 g/mol. The molecule has 1 aliphatic rings. The van der Waals surface area contributed by atoms with Crippen molar-refractivity contribution >= 4 is 15.9 Å². The lowest BCUT2D eigenvalue weighted by molar-refractivity contribution is 0.319. The molecule has 0 spiro atoms. The van der Waals surface area contributed by atoms with E-state index < -0.39 is 0 Å². The molecule has 0 aromatic heterocycles. The molecule has 2 rings (SSSR count). The Hall–Kier alpha value is -0.300. The number of alkyl halides is 1. The van der Waals surface area contributed by atoms with Crippen molar-refractivity contribution in [2.45, 2.75) is 51.4 Å². The van der Waals surface area contributed by atoms with E-state index in [1.807, 2.05) is 0 Å². The van der Waals surface area contributed by atoms with Crippen LogP contribution in [0, 0.1) is 5.92 Å². The van der Waals surface area contributed by atoms with Crippen molar-refractivity contribution in [3.8, 4) is 0 Å². The summed E-state index contributed by atoms with van der Waals surface area (Å²) in [5.74, 6) is 1.62. The minimum absolute atomic E-state index is 0.723. The Kier molecular flexibility index (Phi) is 5.09. The van der Waals surface area contributed by atoms with E-state index in [1.165, 1.54) is 43.2 Å². The molecule has 1 atom stereocenters. The lowest BCUT2D eigenvalue weighted by atomic mass is 9.78. The lowest BCUT2D eigenvalue weighted by Gasteiger charge is -2.29. The predicted octanol–water partition coefficient (Wildman–Crippen LogP) is 5.31. The van der Waals surface area contributed by atoms with Gasteiger partial charge in [-0.05, 0) is 42.2 Å². The van der Waals surface area contributed by atoms with Gasteiger partial charge in [0.05, 0.1) is 0 Å². The maximum atomic E-state index is 3.72. The van der Waals surface area contributed by atoms with Crippen LogP contribution in [0.25, 0.3) is 0 Å². The molecule has 0 bridgehead atoms. The molecule has 0 saturated heterocycles. The largest absolute Gasteiger partial charge is 0.0921 e. The molecule has 1 heteroatoms. The second kappa shape index (κ2) is 6.58. The Morgan fingerprint density at radius 1 is 1.12 bits per heavy atom. The summed E-state index contributed by atoms with van der Waals surface area (Å²) in [4.78, 5) is 0. The molecule has 1 saturated carbocycles. The molecule has 1 aromatic carbocycles. The van der Waals surface area contributed by atoms with E-state index in [2.05, 4.69) is 47.1 Å². The van der Waals surface area contributed by atoms with E-state index in [0.29, 0.717) is 0 Å². The molecule has 94 valence electrons. The van der Waals surface area contributed by atoms with E-state index in [4.69, 9.17) is 0 Å². The van der Waals surface area contributed by atoms with Crippen molar-refractivity contribution in [1.29, 1.82) is 0 Å². The molecule has 1 unspecified atom stereocenters. The molecule has 0 N–H and O–H groups in total. The molecule has 0 nitrogen and oxygen atoms in total. The second-order valence-electron chi connectivity index (χ2n) is 5.25. The summed E-state index contributed by atoms with van der Waals surface area (Å²) in [6, 6.07) is 9.29. The van der Waals surface area contributed by atoms with Gasteiger partial charge in [0.15, 0.2) is 0 Å². The van der Waals surface area contributed by atoms with Crippen LogP contribution in [0.3, 0.4) is 0 Å². The van der Waals surface area contributed by atoms with Crippen LogP contribution in [0.5, 0.6) is 0 Å². The van der Waals surface area contributed by atoms with Crippen LogP contribution in [0.15, 0.2) is 24.3 Å². The standard InChI is InChI=1S/C16H23Br/c1-2-13-8-10-15(11-9-13)16(12-17)14-6-4-3-5-7-14/h8-11,14,16H,2-7,12H2,1H3. The maximum Gasteiger partial charge on any atom is 0.0103 e. The van der Waals surface area contributed by atoms with Crippen LogP contribution in [-0.2, 0) is 6.42 Å². The Bertz CT molecular complexity index is 322. The van der Waals surface area contributed by atoms with Crippen molar-refractivity contribution in [1.82, 2.24) is 0 Å². The van der Waals surface area contributed by atoms with Gasteiger partial charge >= 0.3 is 0 Å². The summed E-state index contributed by atoms with van der Waals surface area (Å²) < 4.78 is 0. The van der Waals surface area contributed by atoms with Gasteiger partial charge < -0.3 is 0 Å². The molecule has 1 aromatic rings. The van der Waals surface area contributed by atoms with Crippen LogP contribution in [0.2, 0.25) is 0 Å². The zero-order valence-electron chi connectivity index (χ0n) is 10.8. The fraction of sp³-hybridized carbons (Fsp3) is 0.625. The maximum absolute atomic E-state index is 3.72. The quantitative estimate of drug-likeness (QED) is 0.660. The van der Waals surface area contributed by atoms with Crippen molar-refractivity contribution in [2.75, 3.05) is 5.33 Å². The first-order valence-corrected chi connectivity index (χ1v) is 8.12. The minimum atomic E-state index is 0.723. The summed E-state index contributed by atoms with van der Waals surface area (Å²) >= 11 is 3.72. The van der Waals surface area contributed by atoms with Gasteiger partial charge in [0.2, 0.25) is 0 Å². The number of rotatable bonds is 4. The first kappa shape index (κ1) is 13.1. The molecule has 0 aliphatic heterocycles. The fourth-order valence-corrected chi connectivity index (χ4v) is 3.93. The Balaban J connectivity index is 2.10. The van der Waals surface area contributed by atoms with Gasteiger partial charge in [-0.2, -0.15) is 0 Å². The van der Waals surface area contributed by atoms with E-state index in [9.17, 15) is 0 Å². The summed E-state index contributed by atoms with van der Waals surface area (Å²) in [5, 5.41) is 1.11. The van der Waals surface area contributed by atoms with Gasteiger partial charge in [-0.15, -0.1) is 0 Å². The van der Waals surface area contributed by atoms with Gasteiger partial charge in [0, 0.05) is 5.33 Å². The van der Waals surface area contributed by atoms with Gasteiger partial charge in [-0.3, -0.25) is 0 Å². The SMILES string of the molecule is CCc1ccc(C(CBr)C2CCCCC2)cc1. The smallest absolute Gasteiger partial charge is 0.0103 e. The van der Waals surface area contributed by atoms with Gasteiger partial charge in [0.25, 0.3) is 0 Å². The van der Waals surface area contributed by atoms with Crippen LogP contribution < -0.4 is 0 Å². The molecule has 0 heterocycles. The molecule has 0 amide bonds. The topological polar surface area (TPSA) is 0 Å². The average molecular weight is 295 g/mol. The predicted molar refractivity (Wildman–Crippen MR) is 78.9 cm³/mol. The fourth-order valence-electron chi connectivity index (χ4n) is 3.02. The van der Waals surface area contributed by atoms with E-state index in [-0.39, 0.29) is 0 Å². The third-order valence-corrected chi connectivity index (χ3v) is 4.90. The summed E-state index contributed by atoms with van der Waals surface area (Å²) in [6.07, 6.45) is 8.29. The Morgan fingerprint density at radius 2 is 1.76 bits per heavy atom. The summed E-state index contributed by atoms with van der Waals surface area (Å²) in [7, 11) is 0. The number of halogens is 1. The molecule has 1 fully saturated rings. The van der Waals surface area contributed by atoms with Crippen LogP contribution in [0.4, 0.5) is 0 Å². The zero-order valence-corrected chi connectivity index (χ0v) is 12.4. The van der Waals surface area contributed by atoms with Crippen LogP contribution in [0.1, 0.15) is 56.1 Å². The molecular weight excluding hydrogens is 272 g/mol. The van der Waals surface area contributed by atoms with E-state index >= 15 is 0 Å². The number of benzene rings is 1. The van der Waals surface area contributed by atoms with Crippen molar-refractivity contribution < 1.29 is 0 Å². The summed E-state index contributed by atoms with van der Waals surface area (Å²) in [6.45, 7) is 2.22. The second-order valence-corrected chi connectivity index (χ2v) is 5.90. The molecule has 17 heavy (non-hydrogen) atoms. The molecule has 1 aliphatic carbocycles. The number of hydrogen-bond donors (Lipinski definition) is 0. The van der Waals surface area contributed by atoms with E-state index in [0.717, 1.165) is 23.6 Å². The van der Waals surface area contributed by atoms with Gasteiger partial charge in [-0.1, -0.05) is 66.4 Å². The van der Waals surface area contributed by atoms with E-state index in [1.54, 1.807) is 0 Å². The number of aryl methyl sites for hydroxylation is 1. The Labute approximate surface area is 114 Å². The first-order chi connectivity index (χ1) is 8.35. The molecular formula is C16H23Br. The van der Waals surface area contributed by atoms with Crippen LogP contribution in [-0.4, -0.2) is 5.33 Å². The number of hydrogen-bond acceptors (Lipinski definition) is 0. The molecule has 0 radical (unpaired) electrons. The van der Waals surface area contributed by atoms with Crippen molar-refractivity contribution in [3.05, 3.63) is 35.4 Å². The van der Waals surface area contributed by atoms with Crippen molar-refractivity contribution in [2.24, 2.45) is 5.92 Å². The highest BCUT2D eigenvalue weighted by Crippen LogP contribution is 2.37. The zero-order chi connectivity index (χ0) is 12.1. The first-order valence-electron chi connectivity index (χ1n) is 7.00. The summed E-state index contributed by atoms with van der Waals surface area (Å²) in [5.41, 5.74) is 2.98. The van der Waals surface area contributed by atoms with Gasteiger partial charge in [-0.25, -0.2) is 0 Å². The van der Waals surface area contributed by atoms with Gasteiger partial charge in [0.1, 0.15) is 0 Å².